The van der Waals surface area contributed by atoms with Gasteiger partial charge in [-0.05, 0) is 17.3 Å². The molecule has 2 aromatic heterocycles. The molecule has 2 rings (SSSR count). The number of amides is 1. The van der Waals surface area contributed by atoms with Crippen molar-refractivity contribution in [2.24, 2.45) is 0 Å². The molecule has 0 saturated heterocycles. The lowest BCUT2D eigenvalue weighted by Gasteiger charge is -2.14. The molecule has 2 heterocycles. The summed E-state index contributed by atoms with van der Waals surface area (Å²) in [5, 5.41) is 12.8. The SMILES string of the molecule is CN(C(=O)c1nn[nH]n1)c1ccncc1. The average molecular weight is 204 g/mol. The highest BCUT2D eigenvalue weighted by atomic mass is 16.2. The number of H-pyrrole nitrogens is 1. The van der Waals surface area contributed by atoms with Gasteiger partial charge in [0.05, 0.1) is 0 Å². The molecule has 15 heavy (non-hydrogen) atoms. The van der Waals surface area contributed by atoms with Gasteiger partial charge in [-0.1, -0.05) is 0 Å². The van der Waals surface area contributed by atoms with Crippen molar-refractivity contribution in [1.29, 1.82) is 0 Å². The van der Waals surface area contributed by atoms with E-state index in [9.17, 15) is 4.79 Å². The smallest absolute Gasteiger partial charge is 0.299 e. The van der Waals surface area contributed by atoms with Crippen LogP contribution in [-0.2, 0) is 0 Å². The number of carbonyl (C=O) groups excluding carboxylic acids is 1. The Bertz CT molecular complexity index is 439. The van der Waals surface area contributed by atoms with Gasteiger partial charge in [-0.25, -0.2) is 0 Å². The Balaban J connectivity index is 2.23. The Morgan fingerprint density at radius 3 is 2.73 bits per heavy atom. The average Bonchev–Trinajstić information content (AvgIpc) is 2.82. The molecule has 2 aromatic rings. The summed E-state index contributed by atoms with van der Waals surface area (Å²) in [6.45, 7) is 0. The fraction of sp³-hybridized carbons (Fsp3) is 0.125. The minimum absolute atomic E-state index is 0.0364. The second-order valence-corrected chi connectivity index (χ2v) is 2.80. The molecule has 0 atom stereocenters. The van der Waals surface area contributed by atoms with Crippen LogP contribution in [0.2, 0.25) is 0 Å². The minimum atomic E-state index is -0.324. The van der Waals surface area contributed by atoms with E-state index in [2.05, 4.69) is 25.6 Å². The topological polar surface area (TPSA) is 87.7 Å². The van der Waals surface area contributed by atoms with Gasteiger partial charge in [-0.2, -0.15) is 5.21 Å². The standard InChI is InChI=1S/C8H8N6O/c1-14(6-2-4-9-5-3-6)8(15)7-10-12-13-11-7/h2-5H,1H3,(H,10,11,12,13). The number of rotatable bonds is 2. The molecule has 1 amide bonds. The van der Waals surface area contributed by atoms with Crippen LogP contribution in [0.4, 0.5) is 5.69 Å². The number of carbonyl (C=O) groups is 1. The summed E-state index contributed by atoms with van der Waals surface area (Å²) in [6, 6.07) is 3.44. The maximum absolute atomic E-state index is 11.7. The summed E-state index contributed by atoms with van der Waals surface area (Å²) in [6.07, 6.45) is 3.21. The van der Waals surface area contributed by atoms with E-state index >= 15 is 0 Å². The van der Waals surface area contributed by atoms with Crippen molar-refractivity contribution in [1.82, 2.24) is 25.6 Å². The van der Waals surface area contributed by atoms with Crippen LogP contribution in [0.1, 0.15) is 10.6 Å². The van der Waals surface area contributed by atoms with Gasteiger partial charge in [0.1, 0.15) is 0 Å². The first kappa shape index (κ1) is 9.25. The molecule has 7 heteroatoms. The Labute approximate surface area is 85.1 Å². The summed E-state index contributed by atoms with van der Waals surface area (Å²) >= 11 is 0. The van der Waals surface area contributed by atoms with Gasteiger partial charge < -0.3 is 4.90 Å². The summed E-state index contributed by atoms with van der Waals surface area (Å²) in [5.74, 6) is -0.288. The van der Waals surface area contributed by atoms with Crippen LogP contribution < -0.4 is 4.90 Å². The summed E-state index contributed by atoms with van der Waals surface area (Å²) in [7, 11) is 1.63. The predicted octanol–water partition coefficient (Wildman–Crippen LogP) is -0.129. The molecule has 0 spiro atoms. The van der Waals surface area contributed by atoms with Crippen molar-refractivity contribution in [2.75, 3.05) is 11.9 Å². The molecule has 0 saturated carbocycles. The first-order valence-electron chi connectivity index (χ1n) is 4.20. The summed E-state index contributed by atoms with van der Waals surface area (Å²) in [5.41, 5.74) is 0.722. The van der Waals surface area contributed by atoms with Crippen molar-refractivity contribution < 1.29 is 4.79 Å². The number of hydrogen-bond donors (Lipinski definition) is 1. The van der Waals surface area contributed by atoms with Gasteiger partial charge in [-0.15, -0.1) is 10.2 Å². The van der Waals surface area contributed by atoms with Crippen LogP contribution in [0, 0.1) is 0 Å². The zero-order valence-electron chi connectivity index (χ0n) is 7.95. The van der Waals surface area contributed by atoms with Crippen LogP contribution in [0.3, 0.4) is 0 Å². The van der Waals surface area contributed by atoms with E-state index in [1.807, 2.05) is 0 Å². The second-order valence-electron chi connectivity index (χ2n) is 2.80. The normalized spacial score (nSPS) is 9.93. The lowest BCUT2D eigenvalue weighted by Crippen LogP contribution is -2.27. The third kappa shape index (κ3) is 1.80. The van der Waals surface area contributed by atoms with Crippen molar-refractivity contribution in [2.45, 2.75) is 0 Å². The molecule has 0 bridgehead atoms. The highest BCUT2D eigenvalue weighted by molar-refractivity contribution is 6.02. The van der Waals surface area contributed by atoms with E-state index in [0.717, 1.165) is 5.69 Å². The van der Waals surface area contributed by atoms with Gasteiger partial charge in [0, 0.05) is 25.1 Å². The number of anilines is 1. The molecule has 0 aliphatic carbocycles. The number of tetrazole rings is 1. The van der Waals surface area contributed by atoms with Gasteiger partial charge in [0.2, 0.25) is 0 Å². The number of aromatic amines is 1. The fourth-order valence-electron chi connectivity index (χ4n) is 1.09. The molecule has 0 aliphatic heterocycles. The Hall–Kier alpha value is -2.31. The maximum atomic E-state index is 11.7. The van der Waals surface area contributed by atoms with Crippen LogP contribution in [0.5, 0.6) is 0 Å². The lowest BCUT2D eigenvalue weighted by molar-refractivity contribution is 0.0983. The number of nitrogens with zero attached hydrogens (tertiary/aromatic N) is 5. The highest BCUT2D eigenvalue weighted by Crippen LogP contribution is 2.11. The number of hydrogen-bond acceptors (Lipinski definition) is 5. The van der Waals surface area contributed by atoms with E-state index in [-0.39, 0.29) is 11.7 Å². The number of pyridine rings is 1. The van der Waals surface area contributed by atoms with Crippen molar-refractivity contribution >= 4 is 11.6 Å². The van der Waals surface area contributed by atoms with Crippen LogP contribution >= 0.6 is 0 Å². The Kier molecular flexibility index (Phi) is 2.36. The van der Waals surface area contributed by atoms with Crippen molar-refractivity contribution in [3.8, 4) is 0 Å². The van der Waals surface area contributed by atoms with E-state index in [4.69, 9.17) is 0 Å². The molecular formula is C8H8N6O. The van der Waals surface area contributed by atoms with Gasteiger partial charge in [0.15, 0.2) is 0 Å². The zero-order chi connectivity index (χ0) is 10.7. The molecule has 0 radical (unpaired) electrons. The first-order valence-corrected chi connectivity index (χ1v) is 4.20. The first-order chi connectivity index (χ1) is 7.29. The molecule has 7 nitrogen and oxygen atoms in total. The lowest BCUT2D eigenvalue weighted by atomic mass is 10.3. The second kappa shape index (κ2) is 3.82. The van der Waals surface area contributed by atoms with Gasteiger partial charge in [-0.3, -0.25) is 9.78 Å². The summed E-state index contributed by atoms with van der Waals surface area (Å²) < 4.78 is 0. The van der Waals surface area contributed by atoms with Gasteiger partial charge >= 0.3 is 0 Å². The largest absolute Gasteiger partial charge is 0.308 e. The highest BCUT2D eigenvalue weighted by Gasteiger charge is 2.17. The Morgan fingerprint density at radius 2 is 2.13 bits per heavy atom. The monoisotopic (exact) mass is 204 g/mol. The quantitative estimate of drug-likeness (QED) is 0.736. The third-order valence-corrected chi connectivity index (χ3v) is 1.89. The van der Waals surface area contributed by atoms with Crippen LogP contribution in [-0.4, -0.2) is 38.6 Å². The van der Waals surface area contributed by atoms with E-state index in [1.54, 1.807) is 31.6 Å². The molecule has 0 aliphatic rings. The number of aromatic nitrogens is 5. The van der Waals surface area contributed by atoms with Crippen LogP contribution in [0.25, 0.3) is 0 Å². The predicted molar refractivity (Wildman–Crippen MR) is 51.1 cm³/mol. The third-order valence-electron chi connectivity index (χ3n) is 1.89. The molecule has 0 unspecified atom stereocenters. The fourth-order valence-corrected chi connectivity index (χ4v) is 1.09. The molecule has 76 valence electrons. The van der Waals surface area contributed by atoms with Crippen LogP contribution in [0.15, 0.2) is 24.5 Å². The molecule has 0 fully saturated rings. The molecular weight excluding hydrogens is 196 g/mol. The minimum Gasteiger partial charge on any atom is -0.308 e. The van der Waals surface area contributed by atoms with Gasteiger partial charge in [0.25, 0.3) is 11.7 Å². The molecule has 0 aromatic carbocycles. The molecule has 1 N–H and O–H groups in total. The van der Waals surface area contributed by atoms with E-state index < -0.39 is 0 Å². The maximum Gasteiger partial charge on any atom is 0.299 e. The van der Waals surface area contributed by atoms with E-state index in [1.165, 1.54) is 4.90 Å². The van der Waals surface area contributed by atoms with E-state index in [0.29, 0.717) is 0 Å². The van der Waals surface area contributed by atoms with Crippen molar-refractivity contribution in [3.05, 3.63) is 30.4 Å². The number of nitrogens with one attached hydrogen (secondary N) is 1. The summed E-state index contributed by atoms with van der Waals surface area (Å²) in [4.78, 5) is 17.0. The van der Waals surface area contributed by atoms with Crippen molar-refractivity contribution in [3.63, 3.8) is 0 Å². The Morgan fingerprint density at radius 1 is 1.40 bits per heavy atom. The zero-order valence-corrected chi connectivity index (χ0v) is 7.95.